The minimum atomic E-state index is -2.49. The van der Waals surface area contributed by atoms with Crippen molar-refractivity contribution in [2.24, 2.45) is 0 Å². The lowest BCUT2D eigenvalue weighted by Gasteiger charge is -2.35. The average Bonchev–Trinajstić information content (AvgIpc) is 2.66. The van der Waals surface area contributed by atoms with Gasteiger partial charge in [0.1, 0.15) is 13.4 Å². The van der Waals surface area contributed by atoms with Crippen molar-refractivity contribution in [1.82, 2.24) is 0 Å². The molecule has 2 atom stereocenters. The van der Waals surface area contributed by atoms with Gasteiger partial charge < -0.3 is 25.7 Å². The van der Waals surface area contributed by atoms with Crippen LogP contribution in [0, 0.1) is 0 Å². The van der Waals surface area contributed by atoms with Crippen molar-refractivity contribution in [2.45, 2.75) is 37.2 Å². The Morgan fingerprint density at radius 2 is 2.00 bits per heavy atom. The second-order valence-corrected chi connectivity index (χ2v) is 5.29. The van der Waals surface area contributed by atoms with Crippen molar-refractivity contribution in [3.63, 3.8) is 0 Å². The highest BCUT2D eigenvalue weighted by atomic mass is 16.5. The van der Waals surface area contributed by atoms with Gasteiger partial charge in [-0.3, -0.25) is 0 Å². The van der Waals surface area contributed by atoms with Gasteiger partial charge in [0.15, 0.2) is 5.79 Å². The first-order chi connectivity index (χ1) is 8.62. The fourth-order valence-electron chi connectivity index (χ4n) is 2.25. The molecule has 2 unspecified atom stereocenters. The minimum Gasteiger partial charge on any atom is -0.390 e. The molecule has 0 bridgehead atoms. The van der Waals surface area contributed by atoms with Gasteiger partial charge in [0.25, 0.3) is 0 Å². The number of rotatable bonds is 3. The Hall–Kier alpha value is -1.08. The van der Waals surface area contributed by atoms with Crippen LogP contribution >= 0.6 is 0 Å². The SMILES string of the molecule is [B]C(O)(c1ccc2c(c1)C(O)(CC)CN2)C(C)(O)O. The van der Waals surface area contributed by atoms with Crippen LogP contribution in [-0.4, -0.2) is 40.6 Å². The van der Waals surface area contributed by atoms with Crippen LogP contribution < -0.4 is 5.32 Å². The number of hydrogen-bond acceptors (Lipinski definition) is 5. The van der Waals surface area contributed by atoms with Crippen LogP contribution in [-0.2, 0) is 11.1 Å². The van der Waals surface area contributed by atoms with Gasteiger partial charge in [0.05, 0.1) is 5.50 Å². The van der Waals surface area contributed by atoms with Gasteiger partial charge in [-0.15, -0.1) is 0 Å². The molecule has 1 heterocycles. The molecule has 5 nitrogen and oxygen atoms in total. The van der Waals surface area contributed by atoms with E-state index in [0.717, 1.165) is 12.6 Å². The number of β-amino-alcohol motifs (C(OH)–C–C–N with tert-alkyl or cyclic N) is 1. The number of nitrogens with one attached hydrogen (secondary N) is 1. The molecule has 0 saturated heterocycles. The molecule has 5 N–H and O–H groups in total. The minimum absolute atomic E-state index is 0.134. The van der Waals surface area contributed by atoms with Gasteiger partial charge in [-0.25, -0.2) is 0 Å². The molecule has 1 aromatic carbocycles. The monoisotopic (exact) mass is 263 g/mol. The lowest BCUT2D eigenvalue weighted by atomic mass is 9.69. The van der Waals surface area contributed by atoms with E-state index in [0.29, 0.717) is 18.5 Å². The van der Waals surface area contributed by atoms with E-state index in [-0.39, 0.29) is 5.56 Å². The normalized spacial score (nSPS) is 25.6. The number of anilines is 1. The third-order valence-electron chi connectivity index (χ3n) is 3.84. The summed E-state index contributed by atoms with van der Waals surface area (Å²) in [4.78, 5) is 0. The molecule has 0 spiro atoms. The van der Waals surface area contributed by atoms with E-state index in [1.807, 2.05) is 6.92 Å². The molecule has 1 aromatic rings. The Morgan fingerprint density at radius 3 is 2.53 bits per heavy atom. The summed E-state index contributed by atoms with van der Waals surface area (Å²) in [6.07, 6.45) is 0.495. The Bertz CT molecular complexity index is 498. The van der Waals surface area contributed by atoms with E-state index < -0.39 is 16.9 Å². The maximum Gasteiger partial charge on any atom is 0.184 e. The summed E-state index contributed by atoms with van der Waals surface area (Å²) in [6.45, 7) is 3.23. The molecule has 19 heavy (non-hydrogen) atoms. The highest BCUT2D eigenvalue weighted by Crippen LogP contribution is 2.40. The largest absolute Gasteiger partial charge is 0.390 e. The highest BCUT2D eigenvalue weighted by molar-refractivity contribution is 6.15. The summed E-state index contributed by atoms with van der Waals surface area (Å²) in [6, 6.07) is 4.66. The summed E-state index contributed by atoms with van der Waals surface area (Å²) < 4.78 is 0. The third kappa shape index (κ3) is 2.14. The smallest absolute Gasteiger partial charge is 0.184 e. The van der Waals surface area contributed by atoms with Crippen LogP contribution in [0.15, 0.2) is 18.2 Å². The first kappa shape index (κ1) is 14.3. The number of hydrogen-bond donors (Lipinski definition) is 5. The Balaban J connectivity index is 2.51. The lowest BCUT2D eigenvalue weighted by Crippen LogP contribution is -2.50. The standard InChI is InChI=1S/C13H18BNO4/c1-3-12(18)7-15-10-5-4-8(6-9(10)12)13(14,19)11(2,16)17/h4-6,15-19H,3,7H2,1-2H3. The second kappa shape index (κ2) is 4.21. The van der Waals surface area contributed by atoms with Crippen molar-refractivity contribution >= 4 is 13.5 Å². The van der Waals surface area contributed by atoms with E-state index in [9.17, 15) is 20.4 Å². The van der Waals surface area contributed by atoms with Crippen molar-refractivity contribution < 1.29 is 20.4 Å². The Morgan fingerprint density at radius 1 is 1.37 bits per heavy atom. The molecule has 1 aliphatic heterocycles. The fourth-order valence-corrected chi connectivity index (χ4v) is 2.25. The van der Waals surface area contributed by atoms with Gasteiger partial charge in [-0.2, -0.15) is 0 Å². The first-order valence-electron chi connectivity index (χ1n) is 6.19. The van der Waals surface area contributed by atoms with Gasteiger partial charge in [-0.1, -0.05) is 13.0 Å². The third-order valence-corrected chi connectivity index (χ3v) is 3.84. The van der Waals surface area contributed by atoms with Crippen molar-refractivity contribution in [1.29, 1.82) is 0 Å². The molecule has 0 fully saturated rings. The van der Waals surface area contributed by atoms with Crippen LogP contribution in [0.3, 0.4) is 0 Å². The van der Waals surface area contributed by atoms with E-state index in [1.54, 1.807) is 6.07 Å². The maximum absolute atomic E-state index is 10.4. The lowest BCUT2D eigenvalue weighted by molar-refractivity contribution is -0.234. The van der Waals surface area contributed by atoms with E-state index >= 15 is 0 Å². The summed E-state index contributed by atoms with van der Waals surface area (Å²) in [5.41, 5.74) is -1.88. The van der Waals surface area contributed by atoms with Crippen LogP contribution in [0.4, 0.5) is 5.69 Å². The molecule has 0 amide bonds. The quantitative estimate of drug-likeness (QED) is 0.382. The molecule has 0 aliphatic carbocycles. The summed E-state index contributed by atoms with van der Waals surface area (Å²) in [5, 5.41) is 42.6. The molecular formula is C13H18BNO4. The topological polar surface area (TPSA) is 93.0 Å². The highest BCUT2D eigenvalue weighted by Gasteiger charge is 2.43. The van der Waals surface area contributed by atoms with Gasteiger partial charge in [0, 0.05) is 17.8 Å². The molecule has 2 rings (SSSR count). The molecule has 6 heteroatoms. The molecule has 1 aliphatic rings. The predicted octanol–water partition coefficient (Wildman–Crippen LogP) is -0.276. The van der Waals surface area contributed by atoms with Crippen LogP contribution in [0.25, 0.3) is 0 Å². The zero-order valence-corrected chi connectivity index (χ0v) is 11.0. The second-order valence-electron chi connectivity index (χ2n) is 5.29. The van der Waals surface area contributed by atoms with Gasteiger partial charge in [-0.05, 0) is 31.0 Å². The number of aliphatic hydroxyl groups is 4. The summed E-state index contributed by atoms with van der Waals surface area (Å²) in [7, 11) is 5.59. The summed E-state index contributed by atoms with van der Waals surface area (Å²) >= 11 is 0. The van der Waals surface area contributed by atoms with E-state index in [2.05, 4.69) is 5.32 Å². The van der Waals surface area contributed by atoms with Crippen LogP contribution in [0.1, 0.15) is 31.4 Å². The number of benzene rings is 1. The zero-order valence-electron chi connectivity index (χ0n) is 11.0. The van der Waals surface area contributed by atoms with E-state index in [4.69, 9.17) is 7.85 Å². The molecule has 0 saturated carbocycles. The van der Waals surface area contributed by atoms with Gasteiger partial charge in [0.2, 0.25) is 0 Å². The van der Waals surface area contributed by atoms with Crippen LogP contribution in [0.5, 0.6) is 0 Å². The predicted molar refractivity (Wildman–Crippen MR) is 71.6 cm³/mol. The van der Waals surface area contributed by atoms with Crippen molar-refractivity contribution in [3.05, 3.63) is 29.3 Å². The molecule has 102 valence electrons. The van der Waals surface area contributed by atoms with Crippen LogP contribution in [0.2, 0.25) is 0 Å². The molecule has 0 aromatic heterocycles. The average molecular weight is 263 g/mol. The molecular weight excluding hydrogens is 245 g/mol. The zero-order chi connectivity index (χ0) is 14.5. The Kier molecular flexibility index (Phi) is 3.18. The molecule has 2 radical (unpaired) electrons. The first-order valence-corrected chi connectivity index (χ1v) is 6.19. The Labute approximate surface area is 113 Å². The van der Waals surface area contributed by atoms with Crippen molar-refractivity contribution in [3.8, 4) is 0 Å². The van der Waals surface area contributed by atoms with Crippen molar-refractivity contribution in [2.75, 3.05) is 11.9 Å². The van der Waals surface area contributed by atoms with E-state index in [1.165, 1.54) is 12.1 Å². The maximum atomic E-state index is 10.4. The number of fused-ring (bicyclic) bond motifs is 1. The summed E-state index contributed by atoms with van der Waals surface area (Å²) in [5.74, 6) is -2.49. The fraction of sp³-hybridized carbons (Fsp3) is 0.538. The van der Waals surface area contributed by atoms with Gasteiger partial charge >= 0.3 is 0 Å².